The molecule has 1 atom stereocenters. The predicted molar refractivity (Wildman–Crippen MR) is 135 cm³/mol. The number of amides is 2. The molecule has 0 saturated heterocycles. The SMILES string of the molecule is CC(C)C(NC(=O)OCC1c2ccccc2-c2ccccc21)C(C)(C)C(=O)N(C)C(C)(C)C(=O)O. The van der Waals surface area contributed by atoms with Gasteiger partial charge in [-0.25, -0.2) is 9.59 Å². The van der Waals surface area contributed by atoms with Gasteiger partial charge in [0.15, 0.2) is 0 Å². The average molecular weight is 481 g/mol. The van der Waals surface area contributed by atoms with Gasteiger partial charge in [0.1, 0.15) is 12.1 Å². The fourth-order valence-corrected chi connectivity index (χ4v) is 4.91. The number of nitrogens with one attached hydrogen (secondary N) is 1. The largest absolute Gasteiger partial charge is 0.480 e. The minimum absolute atomic E-state index is 0.0669. The normalized spacial score (nSPS) is 14.2. The van der Waals surface area contributed by atoms with Gasteiger partial charge in [-0.15, -0.1) is 0 Å². The Morgan fingerprint density at radius 3 is 1.91 bits per heavy atom. The fraction of sp³-hybridized carbons (Fsp3) is 0.464. The topological polar surface area (TPSA) is 95.9 Å². The molecular weight excluding hydrogens is 444 g/mol. The predicted octanol–water partition coefficient (Wildman–Crippen LogP) is 4.90. The second-order valence-electron chi connectivity index (χ2n) is 10.6. The minimum Gasteiger partial charge on any atom is -0.480 e. The standard InChI is InChI=1S/C28H36N2O5/c1-17(2)23(27(3,4)24(31)30(7)28(5,6)25(32)33)29-26(34)35-16-22-20-14-10-8-12-18(20)19-13-9-11-15-21(19)22/h8-15,17,22-23H,16H2,1-7H3,(H,29,34)(H,32,33). The molecule has 1 aliphatic rings. The van der Waals surface area contributed by atoms with Crippen LogP contribution in [0.5, 0.6) is 0 Å². The first-order chi connectivity index (χ1) is 16.3. The van der Waals surface area contributed by atoms with E-state index in [9.17, 15) is 19.5 Å². The summed E-state index contributed by atoms with van der Waals surface area (Å²) in [5, 5.41) is 12.4. The monoisotopic (exact) mass is 480 g/mol. The van der Waals surface area contributed by atoms with Crippen molar-refractivity contribution in [2.75, 3.05) is 13.7 Å². The third-order valence-corrected chi connectivity index (χ3v) is 7.28. The van der Waals surface area contributed by atoms with Gasteiger partial charge in [0.2, 0.25) is 5.91 Å². The number of carboxylic acids is 1. The van der Waals surface area contributed by atoms with E-state index in [1.165, 1.54) is 25.8 Å². The molecular formula is C28H36N2O5. The van der Waals surface area contributed by atoms with Crippen molar-refractivity contribution < 1.29 is 24.2 Å². The van der Waals surface area contributed by atoms with Crippen molar-refractivity contribution in [3.05, 3.63) is 59.7 Å². The number of carbonyl (C=O) groups excluding carboxylic acids is 2. The first-order valence-electron chi connectivity index (χ1n) is 11.9. The Labute approximate surface area is 207 Å². The first kappa shape index (κ1) is 26.3. The number of benzene rings is 2. The van der Waals surface area contributed by atoms with E-state index in [1.54, 1.807) is 13.8 Å². The number of nitrogens with zero attached hydrogens (tertiary/aromatic N) is 1. The Bertz CT molecular complexity index is 1080. The van der Waals surface area contributed by atoms with Crippen molar-refractivity contribution in [3.8, 4) is 11.1 Å². The molecule has 3 rings (SSSR count). The molecule has 7 heteroatoms. The zero-order valence-electron chi connectivity index (χ0n) is 21.6. The van der Waals surface area contributed by atoms with Gasteiger partial charge in [-0.2, -0.15) is 0 Å². The van der Waals surface area contributed by atoms with E-state index >= 15 is 0 Å². The van der Waals surface area contributed by atoms with E-state index < -0.39 is 29.1 Å². The Morgan fingerprint density at radius 1 is 0.971 bits per heavy atom. The molecule has 35 heavy (non-hydrogen) atoms. The number of carbonyl (C=O) groups is 3. The lowest BCUT2D eigenvalue weighted by molar-refractivity contribution is -0.160. The van der Waals surface area contributed by atoms with Crippen LogP contribution in [0.4, 0.5) is 4.79 Å². The van der Waals surface area contributed by atoms with Gasteiger partial charge in [0.05, 0.1) is 5.41 Å². The van der Waals surface area contributed by atoms with Crippen molar-refractivity contribution in [2.24, 2.45) is 11.3 Å². The Morgan fingerprint density at radius 2 is 1.46 bits per heavy atom. The number of fused-ring (bicyclic) bond motifs is 3. The second kappa shape index (κ2) is 9.72. The number of aliphatic carboxylic acids is 1. The van der Waals surface area contributed by atoms with Crippen LogP contribution in [0.1, 0.15) is 58.6 Å². The van der Waals surface area contributed by atoms with Crippen LogP contribution in [0.25, 0.3) is 11.1 Å². The second-order valence-corrected chi connectivity index (χ2v) is 10.6. The van der Waals surface area contributed by atoms with E-state index in [0.717, 1.165) is 22.3 Å². The van der Waals surface area contributed by atoms with Crippen LogP contribution >= 0.6 is 0 Å². The summed E-state index contributed by atoms with van der Waals surface area (Å²) in [6.45, 7) is 10.4. The molecule has 0 aromatic heterocycles. The highest BCUT2D eigenvalue weighted by molar-refractivity contribution is 5.90. The summed E-state index contributed by atoms with van der Waals surface area (Å²) in [5.74, 6) is -1.64. The molecule has 0 fully saturated rings. The lowest BCUT2D eigenvalue weighted by Gasteiger charge is -2.42. The lowest BCUT2D eigenvalue weighted by Crippen LogP contribution is -2.60. The smallest absolute Gasteiger partial charge is 0.407 e. The third-order valence-electron chi connectivity index (χ3n) is 7.28. The maximum Gasteiger partial charge on any atom is 0.407 e. The van der Waals surface area contributed by atoms with Crippen LogP contribution in [0, 0.1) is 11.3 Å². The highest BCUT2D eigenvalue weighted by Gasteiger charge is 2.46. The van der Waals surface area contributed by atoms with Gasteiger partial charge in [-0.3, -0.25) is 4.79 Å². The highest BCUT2D eigenvalue weighted by atomic mass is 16.5. The van der Waals surface area contributed by atoms with Gasteiger partial charge in [0.25, 0.3) is 0 Å². The summed E-state index contributed by atoms with van der Waals surface area (Å²) < 4.78 is 5.69. The van der Waals surface area contributed by atoms with Crippen LogP contribution < -0.4 is 5.32 Å². The lowest BCUT2D eigenvalue weighted by atomic mass is 9.76. The van der Waals surface area contributed by atoms with Crippen LogP contribution in [0.15, 0.2) is 48.5 Å². The zero-order valence-corrected chi connectivity index (χ0v) is 21.6. The Hall–Kier alpha value is -3.35. The first-order valence-corrected chi connectivity index (χ1v) is 11.9. The molecule has 0 aliphatic heterocycles. The Balaban J connectivity index is 1.74. The molecule has 2 aromatic carbocycles. The quantitative estimate of drug-likeness (QED) is 0.560. The molecule has 1 unspecified atom stereocenters. The van der Waals surface area contributed by atoms with E-state index in [-0.39, 0.29) is 24.3 Å². The molecule has 2 amide bonds. The van der Waals surface area contributed by atoms with Gasteiger partial charge in [-0.1, -0.05) is 62.4 Å². The summed E-state index contributed by atoms with van der Waals surface area (Å²) in [5.41, 5.74) is 2.08. The molecule has 0 spiro atoms. The molecule has 188 valence electrons. The maximum absolute atomic E-state index is 13.4. The minimum atomic E-state index is -1.39. The van der Waals surface area contributed by atoms with Crippen LogP contribution in [-0.2, 0) is 14.3 Å². The van der Waals surface area contributed by atoms with Crippen molar-refractivity contribution in [1.29, 1.82) is 0 Å². The van der Waals surface area contributed by atoms with Crippen LogP contribution in [0.2, 0.25) is 0 Å². The number of likely N-dealkylation sites (N-methyl/N-ethyl adjacent to an activating group) is 1. The van der Waals surface area contributed by atoms with E-state index in [4.69, 9.17) is 4.74 Å². The molecule has 0 heterocycles. The number of hydrogen-bond acceptors (Lipinski definition) is 4. The van der Waals surface area contributed by atoms with Crippen molar-refractivity contribution in [2.45, 2.75) is 59.0 Å². The van der Waals surface area contributed by atoms with Crippen LogP contribution in [0.3, 0.4) is 0 Å². The summed E-state index contributed by atoms with van der Waals surface area (Å²) in [7, 11) is 1.48. The molecule has 0 bridgehead atoms. The maximum atomic E-state index is 13.4. The third kappa shape index (κ3) is 4.90. The summed E-state index contributed by atoms with van der Waals surface area (Å²) in [4.78, 5) is 39.2. The number of ether oxygens (including phenoxy) is 1. The number of alkyl carbamates (subject to hydrolysis) is 1. The molecule has 2 aromatic rings. The van der Waals surface area contributed by atoms with Crippen molar-refractivity contribution in [3.63, 3.8) is 0 Å². The average Bonchev–Trinajstić information content (AvgIpc) is 3.13. The summed E-state index contributed by atoms with van der Waals surface area (Å²) in [6.07, 6.45) is -0.605. The molecule has 0 radical (unpaired) electrons. The number of carboxylic acid groups (broad SMARTS) is 1. The molecule has 7 nitrogen and oxygen atoms in total. The number of rotatable bonds is 8. The van der Waals surface area contributed by atoms with E-state index in [1.807, 2.05) is 38.1 Å². The van der Waals surface area contributed by atoms with E-state index in [0.29, 0.717) is 0 Å². The number of hydrogen-bond donors (Lipinski definition) is 2. The van der Waals surface area contributed by atoms with Crippen LogP contribution in [-0.4, -0.2) is 53.2 Å². The summed E-state index contributed by atoms with van der Waals surface area (Å²) >= 11 is 0. The van der Waals surface area contributed by atoms with Gasteiger partial charge >= 0.3 is 12.1 Å². The van der Waals surface area contributed by atoms with E-state index in [2.05, 4.69) is 29.6 Å². The van der Waals surface area contributed by atoms with Crippen molar-refractivity contribution >= 4 is 18.0 Å². The van der Waals surface area contributed by atoms with Gasteiger partial charge in [-0.05, 0) is 55.9 Å². The Kier molecular flexibility index (Phi) is 7.29. The zero-order chi connectivity index (χ0) is 26.1. The van der Waals surface area contributed by atoms with Gasteiger partial charge < -0.3 is 20.1 Å². The highest BCUT2D eigenvalue weighted by Crippen LogP contribution is 2.44. The van der Waals surface area contributed by atoms with Gasteiger partial charge in [0, 0.05) is 19.0 Å². The summed E-state index contributed by atoms with van der Waals surface area (Å²) in [6, 6.07) is 15.7. The fourth-order valence-electron chi connectivity index (χ4n) is 4.91. The molecule has 2 N–H and O–H groups in total. The molecule has 0 saturated carbocycles. The molecule has 1 aliphatic carbocycles. The van der Waals surface area contributed by atoms with Crippen molar-refractivity contribution in [1.82, 2.24) is 10.2 Å².